The van der Waals surface area contributed by atoms with Gasteiger partial charge in [-0.25, -0.2) is 0 Å². The van der Waals surface area contributed by atoms with E-state index in [-0.39, 0.29) is 5.25 Å². The van der Waals surface area contributed by atoms with Gasteiger partial charge in [0.05, 0.1) is 11.8 Å². The Labute approximate surface area is 192 Å². The van der Waals surface area contributed by atoms with Gasteiger partial charge >= 0.3 is 0 Å². The molecule has 0 aliphatic heterocycles. The van der Waals surface area contributed by atoms with Crippen LogP contribution >= 0.6 is 11.8 Å². The van der Waals surface area contributed by atoms with E-state index in [2.05, 4.69) is 105 Å². The minimum atomic E-state index is 0.109. The molecule has 2 aromatic heterocycles. The Bertz CT molecular complexity index is 1220. The number of nitrogens with zero attached hydrogens (tertiary/aromatic N) is 4. The number of thioether (sulfide) groups is 1. The number of hydrogen-bond donors (Lipinski definition) is 0. The summed E-state index contributed by atoms with van der Waals surface area (Å²) in [4.78, 5) is 4.29. The highest BCUT2D eigenvalue weighted by molar-refractivity contribution is 7.99. The third-order valence-corrected chi connectivity index (χ3v) is 6.54. The monoisotopic (exact) mass is 434 g/mol. The van der Waals surface area contributed by atoms with Crippen molar-refractivity contribution in [3.63, 3.8) is 0 Å². The van der Waals surface area contributed by atoms with E-state index < -0.39 is 0 Å². The van der Waals surface area contributed by atoms with Crippen LogP contribution in [0.25, 0.3) is 11.4 Å². The Balaban J connectivity index is 1.58. The van der Waals surface area contributed by atoms with Crippen molar-refractivity contribution in [3.8, 4) is 11.4 Å². The molecule has 32 heavy (non-hydrogen) atoms. The third kappa shape index (κ3) is 4.48. The fraction of sp³-hybridized carbons (Fsp3) is 0.0741. The van der Waals surface area contributed by atoms with Crippen molar-refractivity contribution in [2.75, 3.05) is 0 Å². The molecule has 0 saturated carbocycles. The Morgan fingerprint density at radius 2 is 1.31 bits per heavy atom. The molecule has 0 aliphatic rings. The van der Waals surface area contributed by atoms with Gasteiger partial charge in [0, 0.05) is 18.0 Å². The van der Waals surface area contributed by atoms with Gasteiger partial charge in [-0.3, -0.25) is 9.55 Å². The van der Waals surface area contributed by atoms with Gasteiger partial charge in [-0.1, -0.05) is 103 Å². The molecule has 0 amide bonds. The highest BCUT2D eigenvalue weighted by atomic mass is 32.2. The highest BCUT2D eigenvalue weighted by Gasteiger charge is 2.22. The van der Waals surface area contributed by atoms with Gasteiger partial charge in [-0.2, -0.15) is 0 Å². The molecule has 0 fully saturated rings. The van der Waals surface area contributed by atoms with Crippen molar-refractivity contribution in [1.29, 1.82) is 0 Å². The maximum absolute atomic E-state index is 4.63. The summed E-state index contributed by atoms with van der Waals surface area (Å²) in [5.74, 6) is 0.823. The molecular formula is C27H22N4S. The van der Waals surface area contributed by atoms with E-state index in [0.29, 0.717) is 6.54 Å². The fourth-order valence-corrected chi connectivity index (χ4v) is 4.85. The van der Waals surface area contributed by atoms with E-state index in [0.717, 1.165) is 16.5 Å². The van der Waals surface area contributed by atoms with Crippen molar-refractivity contribution < 1.29 is 0 Å². The van der Waals surface area contributed by atoms with Crippen LogP contribution in [-0.2, 0) is 6.54 Å². The molecule has 4 nitrogen and oxygen atoms in total. The molecule has 5 aromatic rings. The summed E-state index contributed by atoms with van der Waals surface area (Å²) >= 11 is 1.73. The highest BCUT2D eigenvalue weighted by Crippen LogP contribution is 2.40. The van der Waals surface area contributed by atoms with Gasteiger partial charge in [-0.05, 0) is 28.8 Å². The molecule has 0 aliphatic carbocycles. The molecule has 0 saturated heterocycles. The number of aromatic nitrogens is 4. The number of pyridine rings is 1. The summed E-state index contributed by atoms with van der Waals surface area (Å²) in [5.41, 5.74) is 4.63. The summed E-state index contributed by atoms with van der Waals surface area (Å²) < 4.78 is 2.19. The van der Waals surface area contributed by atoms with Crippen LogP contribution in [-0.4, -0.2) is 19.7 Å². The first-order valence-electron chi connectivity index (χ1n) is 10.5. The summed E-state index contributed by atoms with van der Waals surface area (Å²) in [6, 6.07) is 35.5. The molecule has 3 aromatic carbocycles. The minimum absolute atomic E-state index is 0.109. The molecular weight excluding hydrogens is 412 g/mol. The number of hydrogen-bond acceptors (Lipinski definition) is 4. The normalized spacial score (nSPS) is 11.0. The SMILES string of the molecule is c1ccc(Cn2c(SC(c3ccccc3)c3ccccc3)nnc2-c2cccnc2)cc1. The van der Waals surface area contributed by atoms with E-state index in [1.54, 1.807) is 18.0 Å². The van der Waals surface area contributed by atoms with Gasteiger partial charge in [0.15, 0.2) is 11.0 Å². The molecule has 0 radical (unpaired) electrons. The first kappa shape index (κ1) is 20.2. The summed E-state index contributed by atoms with van der Waals surface area (Å²) in [6.07, 6.45) is 3.61. The first-order chi connectivity index (χ1) is 15.9. The van der Waals surface area contributed by atoms with Crippen LogP contribution in [0.1, 0.15) is 21.9 Å². The van der Waals surface area contributed by atoms with Crippen LogP contribution in [0.4, 0.5) is 0 Å². The van der Waals surface area contributed by atoms with E-state index in [1.165, 1.54) is 16.7 Å². The molecule has 0 spiro atoms. The van der Waals surface area contributed by atoms with Crippen LogP contribution in [0.2, 0.25) is 0 Å². The van der Waals surface area contributed by atoms with Gasteiger partial charge in [0.25, 0.3) is 0 Å². The zero-order valence-corrected chi connectivity index (χ0v) is 18.3. The van der Waals surface area contributed by atoms with E-state index in [1.807, 2.05) is 24.4 Å². The summed E-state index contributed by atoms with van der Waals surface area (Å²) in [7, 11) is 0. The number of benzene rings is 3. The second-order valence-corrected chi connectivity index (χ2v) is 8.51. The van der Waals surface area contributed by atoms with Crippen LogP contribution < -0.4 is 0 Å². The molecule has 0 N–H and O–H groups in total. The quantitative estimate of drug-likeness (QED) is 0.283. The van der Waals surface area contributed by atoms with E-state index >= 15 is 0 Å². The number of rotatable bonds is 7. The topological polar surface area (TPSA) is 43.6 Å². The lowest BCUT2D eigenvalue weighted by Gasteiger charge is -2.18. The lowest BCUT2D eigenvalue weighted by molar-refractivity contribution is 0.713. The van der Waals surface area contributed by atoms with E-state index in [4.69, 9.17) is 0 Å². The predicted octanol–water partition coefficient (Wildman–Crippen LogP) is 6.27. The zero-order chi connectivity index (χ0) is 21.6. The van der Waals surface area contributed by atoms with Crippen molar-refractivity contribution in [2.45, 2.75) is 17.0 Å². The van der Waals surface area contributed by atoms with Gasteiger partial charge in [0.1, 0.15) is 0 Å². The lowest BCUT2D eigenvalue weighted by Crippen LogP contribution is -2.06. The second-order valence-electron chi connectivity index (χ2n) is 7.44. The summed E-state index contributed by atoms with van der Waals surface area (Å²) in [5, 5.41) is 10.2. The largest absolute Gasteiger partial charge is 0.297 e. The Hall–Kier alpha value is -3.70. The Morgan fingerprint density at radius 3 is 1.91 bits per heavy atom. The zero-order valence-electron chi connectivity index (χ0n) is 17.5. The molecule has 0 bridgehead atoms. The maximum atomic E-state index is 4.63. The van der Waals surface area contributed by atoms with E-state index in [9.17, 15) is 0 Å². The average molecular weight is 435 g/mol. The predicted molar refractivity (Wildman–Crippen MR) is 129 cm³/mol. The Morgan fingerprint density at radius 1 is 0.688 bits per heavy atom. The van der Waals surface area contributed by atoms with Crippen molar-refractivity contribution >= 4 is 11.8 Å². The molecule has 0 atom stereocenters. The van der Waals surface area contributed by atoms with Crippen LogP contribution in [0.3, 0.4) is 0 Å². The van der Waals surface area contributed by atoms with Gasteiger partial charge in [0.2, 0.25) is 0 Å². The molecule has 0 unspecified atom stereocenters. The second kappa shape index (κ2) is 9.62. The molecule has 5 rings (SSSR count). The van der Waals surface area contributed by atoms with Crippen LogP contribution in [0, 0.1) is 0 Å². The first-order valence-corrected chi connectivity index (χ1v) is 11.4. The average Bonchev–Trinajstić information content (AvgIpc) is 3.26. The summed E-state index contributed by atoms with van der Waals surface area (Å²) in [6.45, 7) is 0.691. The third-order valence-electron chi connectivity index (χ3n) is 5.25. The lowest BCUT2D eigenvalue weighted by atomic mass is 10.0. The van der Waals surface area contributed by atoms with Crippen molar-refractivity contribution in [1.82, 2.24) is 19.7 Å². The van der Waals surface area contributed by atoms with Crippen molar-refractivity contribution in [2.24, 2.45) is 0 Å². The Kier molecular flexibility index (Phi) is 6.08. The van der Waals surface area contributed by atoms with Crippen LogP contribution in [0.15, 0.2) is 121 Å². The van der Waals surface area contributed by atoms with Gasteiger partial charge in [-0.15, -0.1) is 10.2 Å². The maximum Gasteiger partial charge on any atom is 0.192 e. The van der Waals surface area contributed by atoms with Crippen molar-refractivity contribution in [3.05, 3.63) is 132 Å². The standard InChI is InChI=1S/C27H22N4S/c1-4-11-21(12-5-1)20-31-26(24-17-10-18-28-19-24)29-30-27(31)32-25(22-13-6-2-7-14-22)23-15-8-3-9-16-23/h1-19,25H,20H2. The minimum Gasteiger partial charge on any atom is -0.297 e. The fourth-order valence-electron chi connectivity index (χ4n) is 3.68. The smallest absolute Gasteiger partial charge is 0.192 e. The van der Waals surface area contributed by atoms with Crippen LogP contribution in [0.5, 0.6) is 0 Å². The molecule has 156 valence electrons. The molecule has 2 heterocycles. The van der Waals surface area contributed by atoms with Gasteiger partial charge < -0.3 is 0 Å². The molecule has 5 heteroatoms.